The summed E-state index contributed by atoms with van der Waals surface area (Å²) in [6.45, 7) is 4.92. The first-order valence-corrected chi connectivity index (χ1v) is 13.1. The Bertz CT molecular complexity index is 1130. The van der Waals surface area contributed by atoms with Crippen LogP contribution in [0.25, 0.3) is 0 Å². The summed E-state index contributed by atoms with van der Waals surface area (Å²) in [5.74, 6) is -0.563. The average molecular weight is 477 g/mol. The smallest absolute Gasteiger partial charge is 0.340 e. The van der Waals surface area contributed by atoms with E-state index < -0.39 is 21.4 Å². The third-order valence-corrected chi connectivity index (χ3v) is 10.2. The maximum absolute atomic E-state index is 13.5. The Morgan fingerprint density at radius 3 is 2.38 bits per heavy atom. The molecule has 1 aliphatic heterocycles. The van der Waals surface area contributed by atoms with Gasteiger partial charge in [0.1, 0.15) is 4.21 Å². The van der Waals surface area contributed by atoms with Crippen LogP contribution in [0.1, 0.15) is 53.1 Å². The number of rotatable bonds is 7. The zero-order valence-electron chi connectivity index (χ0n) is 18.6. The molecule has 0 radical (unpaired) electrons. The van der Waals surface area contributed by atoms with Crippen LogP contribution in [0.3, 0.4) is 0 Å². The van der Waals surface area contributed by atoms with Gasteiger partial charge in [0, 0.05) is 24.5 Å². The second kappa shape index (κ2) is 8.61. The molecule has 0 N–H and O–H groups in total. The second-order valence-electron chi connectivity index (χ2n) is 8.17. The normalized spacial score (nSPS) is 17.2. The Balaban J connectivity index is 1.69. The number of nitrogens with zero attached hydrogens (tertiary/aromatic N) is 2. The number of benzene rings is 1. The molecule has 1 fully saturated rings. The Hall–Kier alpha value is -2.23. The van der Waals surface area contributed by atoms with Crippen LogP contribution in [0.15, 0.2) is 34.5 Å². The fraction of sp³-hybridized carbons (Fsp3) is 0.478. The van der Waals surface area contributed by atoms with E-state index in [2.05, 4.69) is 0 Å². The molecular formula is C23H28N2O5S2. The molecule has 1 amide bonds. The van der Waals surface area contributed by atoms with E-state index in [4.69, 9.17) is 4.74 Å². The molecule has 2 aromatic rings. The summed E-state index contributed by atoms with van der Waals surface area (Å²) in [7, 11) is -2.57. The first-order chi connectivity index (χ1) is 15.3. The summed E-state index contributed by atoms with van der Waals surface area (Å²) in [6.07, 6.45) is 2.07. The number of hydrogen-bond acceptors (Lipinski definition) is 6. The van der Waals surface area contributed by atoms with Gasteiger partial charge in [-0.3, -0.25) is 4.79 Å². The molecule has 4 rings (SSSR count). The van der Waals surface area contributed by atoms with E-state index in [1.165, 1.54) is 11.4 Å². The molecule has 2 aliphatic rings. The Labute approximate surface area is 193 Å². The molecule has 0 spiro atoms. The van der Waals surface area contributed by atoms with E-state index in [9.17, 15) is 18.0 Å². The fourth-order valence-electron chi connectivity index (χ4n) is 4.53. The maximum Gasteiger partial charge on any atom is 0.340 e. The first-order valence-electron chi connectivity index (χ1n) is 10.9. The number of hydrogen-bond donors (Lipinski definition) is 0. The molecule has 0 atom stereocenters. The van der Waals surface area contributed by atoms with Crippen LogP contribution in [-0.4, -0.2) is 56.2 Å². The first kappa shape index (κ1) is 22.9. The second-order valence-corrected chi connectivity index (χ2v) is 11.4. The number of ether oxygens (including phenoxy) is 1. The highest BCUT2D eigenvalue weighted by atomic mass is 32.2. The number of fused-ring (bicyclic) bond motifs is 1. The van der Waals surface area contributed by atoms with Gasteiger partial charge in [-0.05, 0) is 30.4 Å². The Kier molecular flexibility index (Phi) is 6.17. The van der Waals surface area contributed by atoms with E-state index in [1.54, 1.807) is 13.8 Å². The largest absolute Gasteiger partial charge is 0.465 e. The molecule has 1 aromatic carbocycles. The molecule has 7 nitrogen and oxygen atoms in total. The number of thiophene rings is 1. The minimum absolute atomic E-state index is 0.0246. The SMILES string of the molecule is CCN(CC)S(=O)(=O)c1sc2c(c1C(=O)OC)CCN(C(=O)C1(c3ccccc3)CC1)C2. The van der Waals surface area contributed by atoms with Crippen molar-refractivity contribution >= 4 is 33.2 Å². The lowest BCUT2D eigenvalue weighted by Crippen LogP contribution is -2.42. The lowest BCUT2D eigenvalue weighted by atomic mass is 9.93. The van der Waals surface area contributed by atoms with E-state index in [-0.39, 0.29) is 15.7 Å². The van der Waals surface area contributed by atoms with Crippen LogP contribution >= 0.6 is 11.3 Å². The van der Waals surface area contributed by atoms with Crippen molar-refractivity contribution in [1.29, 1.82) is 0 Å². The van der Waals surface area contributed by atoms with Gasteiger partial charge in [0.15, 0.2) is 0 Å². The van der Waals surface area contributed by atoms with Gasteiger partial charge in [-0.25, -0.2) is 13.2 Å². The van der Waals surface area contributed by atoms with Crippen LogP contribution in [0, 0.1) is 0 Å². The third-order valence-electron chi connectivity index (χ3n) is 6.47. The number of methoxy groups -OCH3 is 1. The molecule has 1 aromatic heterocycles. The van der Waals surface area contributed by atoms with Gasteiger partial charge in [-0.1, -0.05) is 44.2 Å². The number of carbonyl (C=O) groups is 2. The van der Waals surface area contributed by atoms with Crippen LogP contribution in [0.2, 0.25) is 0 Å². The quantitative estimate of drug-likeness (QED) is 0.573. The minimum Gasteiger partial charge on any atom is -0.465 e. The molecule has 172 valence electrons. The van der Waals surface area contributed by atoms with Crippen LogP contribution in [0.5, 0.6) is 0 Å². The van der Waals surface area contributed by atoms with E-state index >= 15 is 0 Å². The molecule has 9 heteroatoms. The van der Waals surface area contributed by atoms with Crippen LogP contribution < -0.4 is 0 Å². The summed E-state index contributed by atoms with van der Waals surface area (Å²) in [4.78, 5) is 28.7. The zero-order valence-corrected chi connectivity index (χ0v) is 20.2. The molecule has 0 saturated heterocycles. The molecule has 32 heavy (non-hydrogen) atoms. The highest BCUT2D eigenvalue weighted by Gasteiger charge is 2.53. The molecule has 1 saturated carbocycles. The van der Waals surface area contributed by atoms with Crippen LogP contribution in [-0.2, 0) is 37.9 Å². The van der Waals surface area contributed by atoms with Crippen molar-refractivity contribution in [3.8, 4) is 0 Å². The maximum atomic E-state index is 13.5. The van der Waals surface area contributed by atoms with Gasteiger partial charge in [-0.2, -0.15) is 4.31 Å². The molecule has 0 bridgehead atoms. The van der Waals surface area contributed by atoms with Gasteiger partial charge in [0.05, 0.1) is 24.6 Å². The minimum atomic E-state index is -3.83. The topological polar surface area (TPSA) is 84.0 Å². The van der Waals surface area contributed by atoms with Gasteiger partial charge in [0.2, 0.25) is 5.91 Å². The molecular weight excluding hydrogens is 448 g/mol. The summed E-state index contributed by atoms with van der Waals surface area (Å²) in [5, 5.41) is 0. The zero-order chi connectivity index (χ0) is 23.1. The van der Waals surface area contributed by atoms with Gasteiger partial charge < -0.3 is 9.64 Å². The fourth-order valence-corrected chi connectivity index (χ4v) is 8.03. The number of esters is 1. The van der Waals surface area contributed by atoms with Gasteiger partial charge >= 0.3 is 5.97 Å². The summed E-state index contributed by atoms with van der Waals surface area (Å²) in [5.41, 5.74) is 1.39. The number of amides is 1. The Morgan fingerprint density at radius 2 is 1.81 bits per heavy atom. The highest BCUT2D eigenvalue weighted by Crippen LogP contribution is 2.50. The average Bonchev–Trinajstić information content (AvgIpc) is 3.53. The molecule has 1 aliphatic carbocycles. The monoisotopic (exact) mass is 476 g/mol. The van der Waals surface area contributed by atoms with Crippen molar-refractivity contribution in [2.24, 2.45) is 0 Å². The Morgan fingerprint density at radius 1 is 1.16 bits per heavy atom. The van der Waals surface area contributed by atoms with Gasteiger partial charge in [0.25, 0.3) is 10.0 Å². The number of carbonyl (C=O) groups excluding carboxylic acids is 2. The standard InChI is InChI=1S/C23H28N2O5S2/c1-4-25(5-2)32(28,29)21-19(20(26)30-3)17-11-14-24(15-18(17)31-21)22(27)23(12-13-23)16-9-7-6-8-10-16/h6-10H,4-5,11-15H2,1-3H3. The summed E-state index contributed by atoms with van der Waals surface area (Å²) < 4.78 is 32.9. The van der Waals surface area contributed by atoms with Crippen molar-refractivity contribution in [2.75, 3.05) is 26.7 Å². The van der Waals surface area contributed by atoms with Crippen LogP contribution in [0.4, 0.5) is 0 Å². The molecule has 0 unspecified atom stereocenters. The van der Waals surface area contributed by atoms with Crippen molar-refractivity contribution in [1.82, 2.24) is 9.21 Å². The van der Waals surface area contributed by atoms with E-state index in [1.807, 2.05) is 35.2 Å². The van der Waals surface area contributed by atoms with Crippen molar-refractivity contribution in [3.05, 3.63) is 51.9 Å². The summed E-state index contributed by atoms with van der Waals surface area (Å²) >= 11 is 1.10. The number of sulfonamides is 1. The van der Waals surface area contributed by atoms with Crippen molar-refractivity contribution in [3.63, 3.8) is 0 Å². The predicted molar refractivity (Wildman–Crippen MR) is 122 cm³/mol. The van der Waals surface area contributed by atoms with Gasteiger partial charge in [-0.15, -0.1) is 11.3 Å². The van der Waals surface area contributed by atoms with Crippen molar-refractivity contribution in [2.45, 2.75) is 49.3 Å². The van der Waals surface area contributed by atoms with Crippen molar-refractivity contribution < 1.29 is 22.7 Å². The third kappa shape index (κ3) is 3.66. The van der Waals surface area contributed by atoms with E-state index in [0.717, 1.165) is 34.6 Å². The lowest BCUT2D eigenvalue weighted by Gasteiger charge is -2.31. The summed E-state index contributed by atoms with van der Waals surface area (Å²) in [6, 6.07) is 9.83. The van der Waals surface area contributed by atoms with E-state index in [0.29, 0.717) is 38.2 Å². The molecule has 2 heterocycles. The predicted octanol–water partition coefficient (Wildman–Crippen LogP) is 3.18. The lowest BCUT2D eigenvalue weighted by molar-refractivity contribution is -0.134. The highest BCUT2D eigenvalue weighted by molar-refractivity contribution is 7.91.